The van der Waals surface area contributed by atoms with E-state index in [0.29, 0.717) is 23.7 Å². The van der Waals surface area contributed by atoms with Crippen LogP contribution in [-0.4, -0.2) is 37.1 Å². The first-order chi connectivity index (χ1) is 14.0. The Bertz CT molecular complexity index is 947. The molecular weight excluding hydrogens is 374 g/mol. The van der Waals surface area contributed by atoms with Gasteiger partial charge in [0.15, 0.2) is 11.5 Å². The van der Waals surface area contributed by atoms with E-state index in [1.54, 1.807) is 30.0 Å². The van der Waals surface area contributed by atoms with Gasteiger partial charge in [0.2, 0.25) is 24.5 Å². The molecule has 150 valence electrons. The predicted octanol–water partition coefficient (Wildman–Crippen LogP) is 1.91. The zero-order valence-corrected chi connectivity index (χ0v) is 15.9. The number of carbonyl (C=O) groups is 3. The van der Waals surface area contributed by atoms with Gasteiger partial charge in [-0.3, -0.25) is 14.4 Å². The number of benzene rings is 2. The van der Waals surface area contributed by atoms with Crippen LogP contribution in [0.1, 0.15) is 13.3 Å². The molecule has 4 rings (SSSR count). The van der Waals surface area contributed by atoms with Crippen LogP contribution in [0.5, 0.6) is 11.5 Å². The monoisotopic (exact) mass is 395 g/mol. The second-order valence-corrected chi connectivity index (χ2v) is 7.03. The average Bonchev–Trinajstić information content (AvgIpc) is 3.34. The molecule has 2 atom stereocenters. The highest BCUT2D eigenvalue weighted by Crippen LogP contribution is 2.34. The number of nitrogens with one attached hydrogen (secondary N) is 2. The van der Waals surface area contributed by atoms with E-state index in [1.807, 2.05) is 30.3 Å². The van der Waals surface area contributed by atoms with Gasteiger partial charge in [0.05, 0.1) is 5.92 Å². The summed E-state index contributed by atoms with van der Waals surface area (Å²) in [4.78, 5) is 38.9. The van der Waals surface area contributed by atoms with Crippen LogP contribution in [0.4, 0.5) is 11.4 Å². The standard InChI is InChI=1S/C21H21N3O5/c1-13(20(26)23-15-7-8-17-18(10-15)29-12-28-17)22-21(27)14-9-19(25)24(11-14)16-5-3-2-4-6-16/h2-8,10,13-14H,9,11-12H2,1H3,(H,22,27)(H,23,26)/t13-,14?/m0/s1. The Morgan fingerprint density at radius 1 is 1.10 bits per heavy atom. The van der Waals surface area contributed by atoms with Crippen LogP contribution in [0.15, 0.2) is 48.5 Å². The molecule has 2 aliphatic rings. The van der Waals surface area contributed by atoms with E-state index in [0.717, 1.165) is 5.69 Å². The Labute approximate surface area is 167 Å². The average molecular weight is 395 g/mol. The summed E-state index contributed by atoms with van der Waals surface area (Å²) in [5.74, 6) is -0.0907. The molecule has 0 saturated carbocycles. The van der Waals surface area contributed by atoms with E-state index in [1.165, 1.54) is 0 Å². The first kappa shape index (κ1) is 18.8. The summed E-state index contributed by atoms with van der Waals surface area (Å²) in [5.41, 5.74) is 1.31. The summed E-state index contributed by atoms with van der Waals surface area (Å²) in [6, 6.07) is 13.6. The molecule has 29 heavy (non-hydrogen) atoms. The summed E-state index contributed by atoms with van der Waals surface area (Å²) in [5, 5.41) is 5.45. The van der Waals surface area contributed by atoms with Crippen LogP contribution in [-0.2, 0) is 14.4 Å². The molecule has 8 nitrogen and oxygen atoms in total. The number of rotatable bonds is 5. The van der Waals surface area contributed by atoms with Crippen molar-refractivity contribution in [2.75, 3.05) is 23.6 Å². The zero-order chi connectivity index (χ0) is 20.4. The Kier molecular flexibility index (Phi) is 5.07. The molecule has 0 aromatic heterocycles. The highest BCUT2D eigenvalue weighted by Gasteiger charge is 2.36. The molecule has 2 aromatic rings. The largest absolute Gasteiger partial charge is 0.454 e. The highest BCUT2D eigenvalue weighted by molar-refractivity contribution is 6.02. The summed E-state index contributed by atoms with van der Waals surface area (Å²) in [7, 11) is 0. The van der Waals surface area contributed by atoms with Crippen molar-refractivity contribution in [3.63, 3.8) is 0 Å². The normalized spacial score (nSPS) is 18.4. The molecule has 1 saturated heterocycles. The molecule has 2 heterocycles. The van der Waals surface area contributed by atoms with Crippen LogP contribution >= 0.6 is 0 Å². The molecule has 3 amide bonds. The SMILES string of the molecule is C[C@H](NC(=O)C1CC(=O)N(c2ccccc2)C1)C(=O)Nc1ccc2c(c1)OCO2. The zero-order valence-electron chi connectivity index (χ0n) is 15.9. The van der Waals surface area contributed by atoms with Crippen LogP contribution in [0.3, 0.4) is 0 Å². The van der Waals surface area contributed by atoms with Crippen molar-refractivity contribution in [2.24, 2.45) is 5.92 Å². The number of anilines is 2. The molecule has 0 bridgehead atoms. The lowest BCUT2D eigenvalue weighted by Gasteiger charge is -2.18. The van der Waals surface area contributed by atoms with Gasteiger partial charge in [-0.25, -0.2) is 0 Å². The first-order valence-corrected chi connectivity index (χ1v) is 9.37. The topological polar surface area (TPSA) is 97.0 Å². The third kappa shape index (κ3) is 4.01. The van der Waals surface area contributed by atoms with E-state index in [4.69, 9.17) is 9.47 Å². The van der Waals surface area contributed by atoms with E-state index >= 15 is 0 Å². The number of ether oxygens (including phenoxy) is 2. The number of amides is 3. The molecule has 1 fully saturated rings. The summed E-state index contributed by atoms with van der Waals surface area (Å²) < 4.78 is 10.5. The minimum atomic E-state index is -0.756. The highest BCUT2D eigenvalue weighted by atomic mass is 16.7. The lowest BCUT2D eigenvalue weighted by molar-refractivity contribution is -0.129. The maximum Gasteiger partial charge on any atom is 0.246 e. The summed E-state index contributed by atoms with van der Waals surface area (Å²) >= 11 is 0. The minimum Gasteiger partial charge on any atom is -0.454 e. The third-order valence-electron chi connectivity index (χ3n) is 4.96. The Balaban J connectivity index is 1.33. The van der Waals surface area contributed by atoms with Crippen molar-refractivity contribution in [2.45, 2.75) is 19.4 Å². The molecule has 0 aliphatic carbocycles. The van der Waals surface area contributed by atoms with Gasteiger partial charge in [-0.1, -0.05) is 18.2 Å². The number of nitrogens with zero attached hydrogens (tertiary/aromatic N) is 1. The van der Waals surface area contributed by atoms with E-state index < -0.39 is 12.0 Å². The van der Waals surface area contributed by atoms with Crippen LogP contribution in [0.2, 0.25) is 0 Å². The van der Waals surface area contributed by atoms with Gasteiger partial charge in [0.1, 0.15) is 6.04 Å². The molecule has 2 N–H and O–H groups in total. The number of para-hydroxylation sites is 1. The van der Waals surface area contributed by atoms with Crippen molar-refractivity contribution in [3.05, 3.63) is 48.5 Å². The van der Waals surface area contributed by atoms with Gasteiger partial charge in [-0.15, -0.1) is 0 Å². The molecule has 2 aromatic carbocycles. The second kappa shape index (κ2) is 7.83. The Morgan fingerprint density at radius 2 is 1.86 bits per heavy atom. The lowest BCUT2D eigenvalue weighted by atomic mass is 10.1. The maximum atomic E-state index is 12.6. The van der Waals surface area contributed by atoms with Gasteiger partial charge in [0, 0.05) is 30.4 Å². The Morgan fingerprint density at radius 3 is 2.66 bits per heavy atom. The molecule has 0 spiro atoms. The fraction of sp³-hybridized carbons (Fsp3) is 0.286. The second-order valence-electron chi connectivity index (χ2n) is 7.03. The van der Waals surface area contributed by atoms with Gasteiger partial charge in [-0.2, -0.15) is 0 Å². The number of fused-ring (bicyclic) bond motifs is 1. The maximum absolute atomic E-state index is 12.6. The van der Waals surface area contributed by atoms with Crippen molar-refractivity contribution in [1.29, 1.82) is 0 Å². The van der Waals surface area contributed by atoms with Gasteiger partial charge < -0.3 is 25.0 Å². The minimum absolute atomic E-state index is 0.103. The van der Waals surface area contributed by atoms with E-state index in [2.05, 4.69) is 10.6 Å². The number of carbonyl (C=O) groups excluding carboxylic acids is 3. The first-order valence-electron chi connectivity index (χ1n) is 9.37. The smallest absolute Gasteiger partial charge is 0.246 e. The van der Waals surface area contributed by atoms with E-state index in [-0.39, 0.29) is 30.9 Å². The summed E-state index contributed by atoms with van der Waals surface area (Å²) in [6.45, 7) is 2.05. The lowest BCUT2D eigenvalue weighted by Crippen LogP contribution is -2.44. The number of hydrogen-bond acceptors (Lipinski definition) is 5. The van der Waals surface area contributed by atoms with Gasteiger partial charge in [0.25, 0.3) is 0 Å². The Hall–Kier alpha value is -3.55. The van der Waals surface area contributed by atoms with Crippen LogP contribution in [0, 0.1) is 5.92 Å². The predicted molar refractivity (Wildman–Crippen MR) is 106 cm³/mol. The van der Waals surface area contributed by atoms with Gasteiger partial charge >= 0.3 is 0 Å². The fourth-order valence-corrected chi connectivity index (χ4v) is 3.36. The van der Waals surface area contributed by atoms with Crippen molar-refractivity contribution in [3.8, 4) is 11.5 Å². The van der Waals surface area contributed by atoms with Gasteiger partial charge in [-0.05, 0) is 31.2 Å². The summed E-state index contributed by atoms with van der Waals surface area (Å²) in [6.07, 6.45) is 0.122. The number of hydrogen-bond donors (Lipinski definition) is 2. The molecule has 8 heteroatoms. The molecule has 0 radical (unpaired) electrons. The quantitative estimate of drug-likeness (QED) is 0.806. The third-order valence-corrected chi connectivity index (χ3v) is 4.96. The molecule has 1 unspecified atom stereocenters. The van der Waals surface area contributed by atoms with Crippen molar-refractivity contribution >= 4 is 29.1 Å². The fourth-order valence-electron chi connectivity index (χ4n) is 3.36. The van der Waals surface area contributed by atoms with Crippen molar-refractivity contribution < 1.29 is 23.9 Å². The molecular formula is C21H21N3O5. The molecule has 2 aliphatic heterocycles. The van der Waals surface area contributed by atoms with E-state index in [9.17, 15) is 14.4 Å². The van der Waals surface area contributed by atoms with Crippen LogP contribution in [0.25, 0.3) is 0 Å². The van der Waals surface area contributed by atoms with Crippen LogP contribution < -0.4 is 25.0 Å². The van der Waals surface area contributed by atoms with Crippen molar-refractivity contribution in [1.82, 2.24) is 5.32 Å².